The van der Waals surface area contributed by atoms with Crippen molar-refractivity contribution in [3.8, 4) is 0 Å². The molecule has 0 radical (unpaired) electrons. The molecule has 36 heavy (non-hydrogen) atoms. The second kappa shape index (κ2) is 8.14. The molecule has 3 aliphatic heterocycles. The van der Waals surface area contributed by atoms with Gasteiger partial charge in [-0.3, -0.25) is 24.5 Å². The quantitative estimate of drug-likeness (QED) is 0.498. The van der Waals surface area contributed by atoms with Crippen LogP contribution in [0.5, 0.6) is 0 Å². The smallest absolute Gasteiger partial charge is 0.327 e. The van der Waals surface area contributed by atoms with Crippen molar-refractivity contribution in [3.05, 3.63) is 69.5 Å². The van der Waals surface area contributed by atoms with Crippen LogP contribution in [0.3, 0.4) is 0 Å². The van der Waals surface area contributed by atoms with Crippen molar-refractivity contribution in [2.45, 2.75) is 57.5 Å². The van der Waals surface area contributed by atoms with Gasteiger partial charge < -0.3 is 9.80 Å². The van der Waals surface area contributed by atoms with Gasteiger partial charge in [0.2, 0.25) is 11.8 Å². The van der Waals surface area contributed by atoms with Crippen LogP contribution in [0.4, 0.5) is 17.6 Å². The molecule has 1 N–H and O–H groups in total. The number of amides is 4. The molecule has 0 aromatic heterocycles. The van der Waals surface area contributed by atoms with Gasteiger partial charge in [0, 0.05) is 29.7 Å². The Morgan fingerprint density at radius 2 is 1.75 bits per heavy atom. The second-order valence-electron chi connectivity index (χ2n) is 9.26. The van der Waals surface area contributed by atoms with Gasteiger partial charge in [0.15, 0.2) is 0 Å². The molecule has 0 unspecified atom stereocenters. The number of benzene rings is 2. The van der Waals surface area contributed by atoms with E-state index in [9.17, 15) is 36.7 Å². The molecule has 188 valence electrons. The fourth-order valence-corrected chi connectivity index (χ4v) is 5.36. The first-order valence-corrected chi connectivity index (χ1v) is 11.4. The van der Waals surface area contributed by atoms with Crippen molar-refractivity contribution in [1.29, 1.82) is 0 Å². The maximum Gasteiger partial charge on any atom is 0.419 e. The number of rotatable bonds is 2. The van der Waals surface area contributed by atoms with Gasteiger partial charge in [-0.1, -0.05) is 6.07 Å². The van der Waals surface area contributed by atoms with Gasteiger partial charge >= 0.3 is 6.18 Å². The number of hydrogen-bond acceptors (Lipinski definition) is 4. The van der Waals surface area contributed by atoms with Crippen molar-refractivity contribution in [1.82, 2.24) is 15.1 Å². The van der Waals surface area contributed by atoms with Crippen molar-refractivity contribution in [3.63, 3.8) is 0 Å². The monoisotopic (exact) mass is 503 g/mol. The average Bonchev–Trinajstić information content (AvgIpc) is 3.27. The largest absolute Gasteiger partial charge is 0.419 e. The van der Waals surface area contributed by atoms with Crippen molar-refractivity contribution in [2.24, 2.45) is 0 Å². The minimum Gasteiger partial charge on any atom is -0.327 e. The summed E-state index contributed by atoms with van der Waals surface area (Å²) in [5, 5.41) is 2.24. The normalized spacial score (nSPS) is 23.6. The molecule has 0 aliphatic carbocycles. The lowest BCUT2D eigenvalue weighted by atomic mass is 10.00. The van der Waals surface area contributed by atoms with Crippen LogP contribution in [0, 0.1) is 5.82 Å². The van der Waals surface area contributed by atoms with Gasteiger partial charge in [0.05, 0.1) is 17.6 Å². The summed E-state index contributed by atoms with van der Waals surface area (Å²) in [6, 6.07) is 4.29. The van der Waals surface area contributed by atoms with Crippen molar-refractivity contribution in [2.75, 3.05) is 0 Å². The molecule has 3 aliphatic rings. The zero-order valence-corrected chi connectivity index (χ0v) is 19.3. The average molecular weight is 503 g/mol. The van der Waals surface area contributed by atoms with Crippen LogP contribution < -0.4 is 5.32 Å². The fraction of sp³-hybridized carbons (Fsp3) is 0.360. The number of piperidine rings is 1. The Hall–Kier alpha value is -3.76. The molecule has 2 aromatic rings. The molecule has 1 saturated heterocycles. The highest BCUT2D eigenvalue weighted by molar-refractivity contribution is 6.06. The van der Waals surface area contributed by atoms with Crippen LogP contribution in [-0.2, 0) is 22.3 Å². The minimum absolute atomic E-state index is 0.104. The van der Waals surface area contributed by atoms with Gasteiger partial charge in [0.25, 0.3) is 11.8 Å². The second-order valence-corrected chi connectivity index (χ2v) is 9.26. The summed E-state index contributed by atoms with van der Waals surface area (Å²) in [7, 11) is 0. The predicted molar refractivity (Wildman–Crippen MR) is 117 cm³/mol. The summed E-state index contributed by atoms with van der Waals surface area (Å²) >= 11 is 0. The molecule has 2 aromatic carbocycles. The number of fused-ring (bicyclic) bond motifs is 2. The van der Waals surface area contributed by atoms with E-state index in [1.165, 1.54) is 34.1 Å². The SMILES string of the molecule is C[C@@H]1c2cc(C(=O)N3Cc4c(ccc(C(F)(F)F)c4F)[C@@H]3C)ccc2C(=O)N1[C@H]1CCC(=O)NC1=O. The van der Waals surface area contributed by atoms with Crippen molar-refractivity contribution >= 4 is 23.6 Å². The number of halogens is 4. The molecule has 7 nitrogen and oxygen atoms in total. The number of nitrogens with zero attached hydrogens (tertiary/aromatic N) is 2. The van der Waals surface area contributed by atoms with Gasteiger partial charge in [-0.25, -0.2) is 4.39 Å². The van der Waals surface area contributed by atoms with E-state index in [0.29, 0.717) is 22.8 Å². The lowest BCUT2D eigenvalue weighted by Gasteiger charge is -2.32. The Kier molecular flexibility index (Phi) is 5.42. The van der Waals surface area contributed by atoms with Gasteiger partial charge in [-0.05, 0) is 55.7 Å². The fourth-order valence-electron chi connectivity index (χ4n) is 5.36. The maximum atomic E-state index is 14.7. The Morgan fingerprint density at radius 1 is 1.03 bits per heavy atom. The zero-order chi connectivity index (χ0) is 26.1. The third-order valence-corrected chi connectivity index (χ3v) is 7.27. The molecular weight excluding hydrogens is 482 g/mol. The molecular formula is C25H21F4N3O4. The van der Waals surface area contributed by atoms with Crippen LogP contribution in [0.2, 0.25) is 0 Å². The third-order valence-electron chi connectivity index (χ3n) is 7.27. The summed E-state index contributed by atoms with van der Waals surface area (Å²) in [5.74, 6) is -3.25. The lowest BCUT2D eigenvalue weighted by molar-refractivity contribution is -0.140. The van der Waals surface area contributed by atoms with Crippen LogP contribution in [0.25, 0.3) is 0 Å². The molecule has 3 atom stereocenters. The Bertz CT molecular complexity index is 1340. The first kappa shape index (κ1) is 24.0. The molecule has 4 amide bonds. The van der Waals surface area contributed by atoms with E-state index in [1.54, 1.807) is 13.8 Å². The Morgan fingerprint density at radius 3 is 2.42 bits per heavy atom. The number of nitrogens with one attached hydrogen (secondary N) is 1. The van der Waals surface area contributed by atoms with Crippen LogP contribution in [0.15, 0.2) is 30.3 Å². The lowest BCUT2D eigenvalue weighted by Crippen LogP contribution is -2.53. The van der Waals surface area contributed by atoms with Gasteiger partial charge in [-0.15, -0.1) is 0 Å². The van der Waals surface area contributed by atoms with E-state index >= 15 is 0 Å². The molecule has 3 heterocycles. The summed E-state index contributed by atoms with van der Waals surface area (Å²) < 4.78 is 54.1. The highest BCUT2D eigenvalue weighted by atomic mass is 19.4. The van der Waals surface area contributed by atoms with Crippen molar-refractivity contribution < 1.29 is 36.7 Å². The van der Waals surface area contributed by atoms with Gasteiger partial charge in [0.1, 0.15) is 11.9 Å². The number of imide groups is 1. The third kappa shape index (κ3) is 3.56. The molecule has 11 heteroatoms. The van der Waals surface area contributed by atoms with Crippen LogP contribution in [-0.4, -0.2) is 39.5 Å². The topological polar surface area (TPSA) is 86.8 Å². The number of hydrogen-bond donors (Lipinski definition) is 1. The van der Waals surface area contributed by atoms with E-state index in [1.807, 2.05) is 0 Å². The predicted octanol–water partition coefficient (Wildman–Crippen LogP) is 3.88. The number of carbonyl (C=O) groups is 4. The summed E-state index contributed by atoms with van der Waals surface area (Å²) in [6.45, 7) is 3.00. The van der Waals surface area contributed by atoms with Crippen LogP contribution in [0.1, 0.15) is 81.7 Å². The van der Waals surface area contributed by atoms with E-state index in [-0.39, 0.29) is 30.5 Å². The molecule has 0 saturated carbocycles. The number of carbonyl (C=O) groups excluding carboxylic acids is 4. The standard InChI is InChI=1S/C25H21F4N3O4/c1-11-14-5-6-18(25(27,28)29)21(26)17(14)10-31(11)23(35)13-3-4-15-16(9-13)12(2)32(24(15)36)19-7-8-20(33)30-22(19)34/h3-6,9,11-12,19H,7-8,10H2,1-2H3,(H,30,33,34)/t11-,12+,19-/m0/s1. The first-order valence-electron chi connectivity index (χ1n) is 11.4. The van der Waals surface area contributed by atoms with Gasteiger partial charge in [-0.2, -0.15) is 13.2 Å². The van der Waals surface area contributed by atoms with E-state index in [0.717, 1.165) is 0 Å². The summed E-state index contributed by atoms with van der Waals surface area (Å²) in [4.78, 5) is 52.9. The Labute approximate surface area is 203 Å². The van der Waals surface area contributed by atoms with Crippen LogP contribution >= 0.6 is 0 Å². The van der Waals surface area contributed by atoms with E-state index in [2.05, 4.69) is 5.32 Å². The first-order chi connectivity index (χ1) is 16.9. The molecule has 5 rings (SSSR count). The number of alkyl halides is 3. The molecule has 0 spiro atoms. The summed E-state index contributed by atoms with van der Waals surface area (Å²) in [5.41, 5.74) is -0.203. The zero-order valence-electron chi connectivity index (χ0n) is 19.3. The highest BCUT2D eigenvalue weighted by Gasteiger charge is 2.44. The maximum absolute atomic E-state index is 14.7. The molecule has 1 fully saturated rings. The highest BCUT2D eigenvalue weighted by Crippen LogP contribution is 2.42. The Balaban J connectivity index is 1.42. The molecule has 0 bridgehead atoms. The van der Waals surface area contributed by atoms with E-state index < -0.39 is 59.3 Å². The summed E-state index contributed by atoms with van der Waals surface area (Å²) in [6.07, 6.45) is -4.56. The minimum atomic E-state index is -4.85. The van der Waals surface area contributed by atoms with E-state index in [4.69, 9.17) is 0 Å².